The van der Waals surface area contributed by atoms with Gasteiger partial charge in [0.2, 0.25) is 5.91 Å². The number of aryl methyl sites for hydroxylation is 1. The second kappa shape index (κ2) is 9.41. The fourth-order valence-corrected chi connectivity index (χ4v) is 3.62. The molecule has 0 bridgehead atoms. The number of hydrogen-bond donors (Lipinski definition) is 1. The van der Waals surface area contributed by atoms with Crippen molar-refractivity contribution in [1.29, 1.82) is 0 Å². The Hall–Kier alpha value is -3.02. The first-order valence-electron chi connectivity index (χ1n) is 10.8. The van der Waals surface area contributed by atoms with Crippen molar-refractivity contribution in [3.8, 4) is 5.75 Å². The van der Waals surface area contributed by atoms with E-state index in [-0.39, 0.29) is 23.8 Å². The van der Waals surface area contributed by atoms with Gasteiger partial charge in [0.25, 0.3) is 5.91 Å². The summed E-state index contributed by atoms with van der Waals surface area (Å²) in [5, 5.41) is 2.88. The first-order chi connectivity index (χ1) is 14.6. The molecule has 2 amide bonds. The van der Waals surface area contributed by atoms with Crippen LogP contribution in [0.25, 0.3) is 0 Å². The van der Waals surface area contributed by atoms with Crippen molar-refractivity contribution >= 4 is 23.2 Å². The maximum atomic E-state index is 12.4. The van der Waals surface area contributed by atoms with Crippen molar-refractivity contribution in [1.82, 2.24) is 4.90 Å². The van der Waals surface area contributed by atoms with E-state index < -0.39 is 0 Å². The number of carbonyl (C=O) groups is 2. The summed E-state index contributed by atoms with van der Waals surface area (Å²) in [6, 6.07) is 13.6. The van der Waals surface area contributed by atoms with Gasteiger partial charge in [-0.15, -0.1) is 0 Å². The SMILES string of the molecule is Cc1cccc(OCC(=O)Nc2ccc(N3CCN(C(=O)C(C)(C)C)CC3)cc2)c1C. The van der Waals surface area contributed by atoms with Crippen LogP contribution in [0.4, 0.5) is 11.4 Å². The highest BCUT2D eigenvalue weighted by atomic mass is 16.5. The molecule has 2 aromatic carbocycles. The lowest BCUT2D eigenvalue weighted by molar-refractivity contribution is -0.139. The summed E-state index contributed by atoms with van der Waals surface area (Å²) in [6.45, 7) is 12.9. The maximum absolute atomic E-state index is 12.4. The van der Waals surface area contributed by atoms with Crippen LogP contribution in [0.1, 0.15) is 31.9 Å². The summed E-state index contributed by atoms with van der Waals surface area (Å²) in [5.74, 6) is 0.742. The van der Waals surface area contributed by atoms with Crippen molar-refractivity contribution in [3.63, 3.8) is 0 Å². The highest BCUT2D eigenvalue weighted by Gasteiger charge is 2.29. The largest absolute Gasteiger partial charge is 0.483 e. The Morgan fingerprint density at radius 1 is 0.968 bits per heavy atom. The van der Waals surface area contributed by atoms with E-state index in [1.165, 1.54) is 0 Å². The zero-order valence-corrected chi connectivity index (χ0v) is 19.2. The Morgan fingerprint density at radius 2 is 1.61 bits per heavy atom. The van der Waals surface area contributed by atoms with Gasteiger partial charge in [-0.1, -0.05) is 32.9 Å². The average Bonchev–Trinajstić information content (AvgIpc) is 2.74. The summed E-state index contributed by atoms with van der Waals surface area (Å²) in [4.78, 5) is 28.9. The number of piperazine rings is 1. The van der Waals surface area contributed by atoms with E-state index in [0.717, 1.165) is 54.4 Å². The molecule has 1 N–H and O–H groups in total. The minimum absolute atomic E-state index is 0.0319. The van der Waals surface area contributed by atoms with Gasteiger partial charge in [-0.25, -0.2) is 0 Å². The summed E-state index contributed by atoms with van der Waals surface area (Å²) in [7, 11) is 0. The summed E-state index contributed by atoms with van der Waals surface area (Å²) in [5.41, 5.74) is 3.66. The van der Waals surface area contributed by atoms with Crippen LogP contribution < -0.4 is 15.0 Å². The third-order valence-corrected chi connectivity index (χ3v) is 5.64. The Labute approximate surface area is 185 Å². The summed E-state index contributed by atoms with van der Waals surface area (Å²) < 4.78 is 5.67. The lowest BCUT2D eigenvalue weighted by Gasteiger charge is -2.38. The van der Waals surface area contributed by atoms with E-state index in [0.29, 0.717) is 0 Å². The Morgan fingerprint density at radius 3 is 2.23 bits per heavy atom. The lowest BCUT2D eigenvalue weighted by Crippen LogP contribution is -2.51. The van der Waals surface area contributed by atoms with Crippen molar-refractivity contribution in [2.24, 2.45) is 5.41 Å². The Kier molecular flexibility index (Phi) is 6.88. The molecule has 0 unspecified atom stereocenters. The average molecular weight is 424 g/mol. The summed E-state index contributed by atoms with van der Waals surface area (Å²) >= 11 is 0. The van der Waals surface area contributed by atoms with Gasteiger partial charge in [-0.05, 0) is 55.3 Å². The zero-order valence-electron chi connectivity index (χ0n) is 19.2. The van der Waals surface area contributed by atoms with Crippen molar-refractivity contribution in [3.05, 3.63) is 53.6 Å². The van der Waals surface area contributed by atoms with Gasteiger partial charge in [0.15, 0.2) is 6.61 Å². The predicted molar refractivity (Wildman–Crippen MR) is 125 cm³/mol. The topological polar surface area (TPSA) is 61.9 Å². The first-order valence-corrected chi connectivity index (χ1v) is 10.8. The molecule has 1 aliphatic rings. The van der Waals surface area contributed by atoms with Crippen LogP contribution in [0, 0.1) is 19.3 Å². The molecule has 1 saturated heterocycles. The fourth-order valence-electron chi connectivity index (χ4n) is 3.62. The number of carbonyl (C=O) groups excluding carboxylic acids is 2. The van der Waals surface area contributed by atoms with Gasteiger partial charge < -0.3 is 19.9 Å². The smallest absolute Gasteiger partial charge is 0.262 e. The number of nitrogens with zero attached hydrogens (tertiary/aromatic N) is 2. The van der Waals surface area contributed by atoms with Crippen LogP contribution in [-0.2, 0) is 9.59 Å². The molecule has 3 rings (SSSR count). The van der Waals surface area contributed by atoms with Gasteiger partial charge in [-0.2, -0.15) is 0 Å². The molecule has 0 spiro atoms. The number of nitrogens with one attached hydrogen (secondary N) is 1. The Balaban J connectivity index is 1.50. The van der Waals surface area contributed by atoms with Crippen molar-refractivity contribution in [2.75, 3.05) is 43.0 Å². The summed E-state index contributed by atoms with van der Waals surface area (Å²) in [6.07, 6.45) is 0. The number of benzene rings is 2. The lowest BCUT2D eigenvalue weighted by atomic mass is 9.94. The zero-order chi connectivity index (χ0) is 22.6. The van der Waals surface area contributed by atoms with Gasteiger partial charge in [-0.3, -0.25) is 9.59 Å². The minimum atomic E-state index is -0.343. The molecule has 0 aliphatic carbocycles. The molecule has 1 heterocycles. The molecule has 0 saturated carbocycles. The van der Waals surface area contributed by atoms with E-state index in [1.807, 2.05) is 82.0 Å². The third kappa shape index (κ3) is 5.78. The molecular weight excluding hydrogens is 390 g/mol. The number of rotatable bonds is 5. The van der Waals surface area contributed by atoms with Crippen LogP contribution in [-0.4, -0.2) is 49.5 Å². The van der Waals surface area contributed by atoms with Gasteiger partial charge in [0.05, 0.1) is 0 Å². The van der Waals surface area contributed by atoms with E-state index in [1.54, 1.807) is 0 Å². The molecule has 1 aliphatic heterocycles. The number of amides is 2. The number of hydrogen-bond acceptors (Lipinski definition) is 4. The third-order valence-electron chi connectivity index (χ3n) is 5.64. The van der Waals surface area contributed by atoms with Crippen molar-refractivity contribution < 1.29 is 14.3 Å². The highest BCUT2D eigenvalue weighted by Crippen LogP contribution is 2.23. The monoisotopic (exact) mass is 423 g/mol. The van der Waals surface area contributed by atoms with E-state index in [4.69, 9.17) is 4.74 Å². The second-order valence-electron chi connectivity index (χ2n) is 9.11. The molecule has 1 fully saturated rings. The molecule has 166 valence electrons. The highest BCUT2D eigenvalue weighted by molar-refractivity contribution is 5.92. The standard InChI is InChI=1S/C25H33N3O3/c1-18-7-6-8-22(19(18)2)31-17-23(29)26-20-9-11-21(12-10-20)27-13-15-28(16-14-27)24(30)25(3,4)5/h6-12H,13-17H2,1-5H3,(H,26,29). The van der Waals surface area contributed by atoms with E-state index >= 15 is 0 Å². The van der Waals surface area contributed by atoms with Crippen molar-refractivity contribution in [2.45, 2.75) is 34.6 Å². The van der Waals surface area contributed by atoms with Gasteiger partial charge in [0.1, 0.15) is 5.75 Å². The quantitative estimate of drug-likeness (QED) is 0.789. The van der Waals surface area contributed by atoms with Gasteiger partial charge >= 0.3 is 0 Å². The normalized spacial score (nSPS) is 14.4. The van der Waals surface area contributed by atoms with Crippen LogP contribution >= 0.6 is 0 Å². The van der Waals surface area contributed by atoms with E-state index in [2.05, 4.69) is 10.2 Å². The second-order valence-corrected chi connectivity index (χ2v) is 9.11. The maximum Gasteiger partial charge on any atom is 0.262 e. The minimum Gasteiger partial charge on any atom is -0.483 e. The Bertz CT molecular complexity index is 924. The van der Waals surface area contributed by atoms with Gasteiger partial charge in [0, 0.05) is 43.0 Å². The number of ether oxygens (including phenoxy) is 1. The van der Waals surface area contributed by atoms with Crippen LogP contribution in [0.15, 0.2) is 42.5 Å². The molecule has 0 radical (unpaired) electrons. The first kappa shape index (κ1) is 22.7. The molecule has 6 heteroatoms. The van der Waals surface area contributed by atoms with Crippen LogP contribution in [0.3, 0.4) is 0 Å². The molecule has 0 aromatic heterocycles. The molecule has 31 heavy (non-hydrogen) atoms. The fraction of sp³-hybridized carbons (Fsp3) is 0.440. The molecular formula is C25H33N3O3. The van der Waals surface area contributed by atoms with Crippen LogP contribution in [0.2, 0.25) is 0 Å². The predicted octanol–water partition coefficient (Wildman–Crippen LogP) is 4.02. The molecule has 2 aromatic rings. The molecule has 6 nitrogen and oxygen atoms in total. The molecule has 0 atom stereocenters. The number of anilines is 2. The van der Waals surface area contributed by atoms with E-state index in [9.17, 15) is 9.59 Å². The van der Waals surface area contributed by atoms with Crippen LogP contribution in [0.5, 0.6) is 5.75 Å².